The fourth-order valence-corrected chi connectivity index (χ4v) is 3.33. The first-order valence-corrected chi connectivity index (χ1v) is 8.32. The van der Waals surface area contributed by atoms with Crippen LogP contribution in [0.5, 0.6) is 0 Å². The molecule has 7 heteroatoms. The van der Waals surface area contributed by atoms with Crippen molar-refractivity contribution in [3.8, 4) is 0 Å². The van der Waals surface area contributed by atoms with Crippen molar-refractivity contribution in [2.75, 3.05) is 19.6 Å². The molecule has 1 fully saturated rings. The third-order valence-electron chi connectivity index (χ3n) is 4.11. The molecule has 126 valence electrons. The van der Waals surface area contributed by atoms with E-state index in [9.17, 15) is 9.59 Å². The summed E-state index contributed by atoms with van der Waals surface area (Å²) in [5.41, 5.74) is 0.814. The van der Waals surface area contributed by atoms with E-state index in [1.807, 2.05) is 11.8 Å². The number of hydrogen-bond acceptors (Lipinski definition) is 3. The van der Waals surface area contributed by atoms with Crippen LogP contribution >= 0.6 is 23.2 Å². The van der Waals surface area contributed by atoms with Gasteiger partial charge in [-0.25, -0.2) is 0 Å². The monoisotopic (exact) mass is 358 g/mol. The first kappa shape index (κ1) is 18.0. The predicted octanol–water partition coefficient (Wildman–Crippen LogP) is 2.97. The Labute approximate surface area is 145 Å². The van der Waals surface area contributed by atoms with Gasteiger partial charge < -0.3 is 10.4 Å². The molecule has 1 aromatic rings. The molecule has 0 spiro atoms. The molecule has 2 N–H and O–H groups in total. The summed E-state index contributed by atoms with van der Waals surface area (Å²) in [6.07, 6.45) is 1.17. The van der Waals surface area contributed by atoms with Gasteiger partial charge in [-0.1, -0.05) is 29.3 Å². The Bertz CT molecular complexity index is 587. The van der Waals surface area contributed by atoms with E-state index in [0.29, 0.717) is 36.0 Å². The maximum atomic E-state index is 12.2. The van der Waals surface area contributed by atoms with Gasteiger partial charge in [-0.05, 0) is 50.6 Å². The molecule has 1 unspecified atom stereocenters. The van der Waals surface area contributed by atoms with Crippen LogP contribution in [0.2, 0.25) is 10.0 Å². The number of carboxylic acid groups (broad SMARTS) is 1. The SMILES string of the molecule is CC(NC(=O)CN1CCC(C(=O)O)CC1)c1ccc(Cl)cc1Cl. The second-order valence-corrected chi connectivity index (χ2v) is 6.69. The van der Waals surface area contributed by atoms with Gasteiger partial charge in [0.05, 0.1) is 18.5 Å². The van der Waals surface area contributed by atoms with Crippen molar-refractivity contribution >= 4 is 35.1 Å². The minimum Gasteiger partial charge on any atom is -0.481 e. The number of halogens is 2. The van der Waals surface area contributed by atoms with Gasteiger partial charge in [0.25, 0.3) is 0 Å². The molecule has 1 amide bonds. The average molecular weight is 359 g/mol. The Balaban J connectivity index is 1.84. The molecule has 0 aromatic heterocycles. The molecule has 5 nitrogen and oxygen atoms in total. The van der Waals surface area contributed by atoms with Crippen molar-refractivity contribution < 1.29 is 14.7 Å². The van der Waals surface area contributed by atoms with Gasteiger partial charge in [0.2, 0.25) is 5.91 Å². The number of rotatable bonds is 5. The second kappa shape index (κ2) is 7.99. The number of benzene rings is 1. The Morgan fingerprint density at radius 1 is 1.35 bits per heavy atom. The number of nitrogens with one attached hydrogen (secondary N) is 1. The van der Waals surface area contributed by atoms with Crippen LogP contribution in [0.15, 0.2) is 18.2 Å². The molecular formula is C16H20Cl2N2O3. The third-order valence-corrected chi connectivity index (χ3v) is 4.67. The lowest BCUT2D eigenvalue weighted by atomic mass is 9.97. The van der Waals surface area contributed by atoms with Gasteiger partial charge in [-0.3, -0.25) is 14.5 Å². The zero-order valence-electron chi connectivity index (χ0n) is 12.9. The van der Waals surface area contributed by atoms with Crippen molar-refractivity contribution in [2.24, 2.45) is 5.92 Å². The number of amides is 1. The summed E-state index contributed by atoms with van der Waals surface area (Å²) in [5, 5.41) is 13.0. The summed E-state index contributed by atoms with van der Waals surface area (Å²) in [4.78, 5) is 25.0. The van der Waals surface area contributed by atoms with E-state index in [4.69, 9.17) is 28.3 Å². The molecule has 0 aliphatic carbocycles. The molecule has 0 bridgehead atoms. The van der Waals surface area contributed by atoms with Gasteiger partial charge >= 0.3 is 5.97 Å². The number of aliphatic carboxylic acids is 1. The lowest BCUT2D eigenvalue weighted by Gasteiger charge is -2.29. The number of piperidine rings is 1. The fourth-order valence-electron chi connectivity index (χ4n) is 2.76. The van der Waals surface area contributed by atoms with Crippen LogP contribution in [-0.4, -0.2) is 41.5 Å². The number of carbonyl (C=O) groups excluding carboxylic acids is 1. The minimum absolute atomic E-state index is 0.0997. The quantitative estimate of drug-likeness (QED) is 0.848. The fraction of sp³-hybridized carbons (Fsp3) is 0.500. The Morgan fingerprint density at radius 2 is 2.00 bits per heavy atom. The Hall–Kier alpha value is -1.30. The molecule has 1 atom stereocenters. The molecule has 0 saturated carbocycles. The van der Waals surface area contributed by atoms with Crippen LogP contribution in [0.3, 0.4) is 0 Å². The van der Waals surface area contributed by atoms with Crippen LogP contribution in [0.25, 0.3) is 0 Å². The zero-order chi connectivity index (χ0) is 17.0. The van der Waals surface area contributed by atoms with Crippen LogP contribution in [-0.2, 0) is 9.59 Å². The molecule has 1 saturated heterocycles. The van der Waals surface area contributed by atoms with Gasteiger partial charge in [0, 0.05) is 10.0 Å². The Morgan fingerprint density at radius 3 is 2.57 bits per heavy atom. The van der Waals surface area contributed by atoms with Crippen LogP contribution in [0.1, 0.15) is 31.4 Å². The van der Waals surface area contributed by atoms with E-state index < -0.39 is 5.97 Å². The zero-order valence-corrected chi connectivity index (χ0v) is 14.4. The highest BCUT2D eigenvalue weighted by Gasteiger charge is 2.25. The lowest BCUT2D eigenvalue weighted by molar-refractivity contribution is -0.143. The van der Waals surface area contributed by atoms with Crippen LogP contribution in [0, 0.1) is 5.92 Å². The van der Waals surface area contributed by atoms with E-state index in [-0.39, 0.29) is 24.4 Å². The summed E-state index contributed by atoms with van der Waals surface area (Å²) in [6.45, 7) is 3.38. The Kier molecular flexibility index (Phi) is 6.27. The van der Waals surface area contributed by atoms with Crippen LogP contribution < -0.4 is 5.32 Å². The smallest absolute Gasteiger partial charge is 0.306 e. The summed E-state index contributed by atoms with van der Waals surface area (Å²) in [6, 6.07) is 4.97. The normalized spacial score (nSPS) is 17.7. The van der Waals surface area contributed by atoms with E-state index >= 15 is 0 Å². The molecule has 1 heterocycles. The van der Waals surface area contributed by atoms with E-state index in [2.05, 4.69) is 5.32 Å². The van der Waals surface area contributed by atoms with Gasteiger partial charge in [-0.2, -0.15) is 0 Å². The largest absolute Gasteiger partial charge is 0.481 e. The number of hydrogen-bond donors (Lipinski definition) is 2. The first-order chi connectivity index (χ1) is 10.9. The summed E-state index contributed by atoms with van der Waals surface area (Å²) in [5.74, 6) is -1.14. The van der Waals surface area contributed by atoms with Crippen molar-refractivity contribution in [1.29, 1.82) is 0 Å². The maximum absolute atomic E-state index is 12.2. The first-order valence-electron chi connectivity index (χ1n) is 7.56. The highest BCUT2D eigenvalue weighted by atomic mass is 35.5. The topological polar surface area (TPSA) is 69.6 Å². The minimum atomic E-state index is -0.750. The highest BCUT2D eigenvalue weighted by Crippen LogP contribution is 2.26. The molecular weight excluding hydrogens is 339 g/mol. The molecule has 1 aromatic carbocycles. The van der Waals surface area contributed by atoms with Gasteiger partial charge in [0.1, 0.15) is 0 Å². The van der Waals surface area contributed by atoms with E-state index in [1.54, 1.807) is 18.2 Å². The van der Waals surface area contributed by atoms with Crippen molar-refractivity contribution in [2.45, 2.75) is 25.8 Å². The predicted molar refractivity (Wildman–Crippen MR) is 89.8 cm³/mol. The lowest BCUT2D eigenvalue weighted by Crippen LogP contribution is -2.43. The number of likely N-dealkylation sites (tertiary alicyclic amines) is 1. The highest BCUT2D eigenvalue weighted by molar-refractivity contribution is 6.35. The van der Waals surface area contributed by atoms with Crippen molar-refractivity contribution in [1.82, 2.24) is 10.2 Å². The van der Waals surface area contributed by atoms with Crippen molar-refractivity contribution in [3.63, 3.8) is 0 Å². The van der Waals surface area contributed by atoms with Gasteiger partial charge in [0.15, 0.2) is 0 Å². The molecule has 23 heavy (non-hydrogen) atoms. The maximum Gasteiger partial charge on any atom is 0.306 e. The van der Waals surface area contributed by atoms with Gasteiger partial charge in [-0.15, -0.1) is 0 Å². The molecule has 1 aliphatic rings. The standard InChI is InChI=1S/C16H20Cl2N2O3/c1-10(13-3-2-12(17)8-14(13)18)19-15(21)9-20-6-4-11(5-7-20)16(22)23/h2-3,8,10-11H,4-7,9H2,1H3,(H,19,21)(H,22,23). The number of nitrogens with zero attached hydrogens (tertiary/aromatic N) is 1. The second-order valence-electron chi connectivity index (χ2n) is 5.84. The van der Waals surface area contributed by atoms with Crippen molar-refractivity contribution in [3.05, 3.63) is 33.8 Å². The molecule has 1 aliphatic heterocycles. The third kappa shape index (κ3) is 5.09. The number of carbonyl (C=O) groups is 2. The van der Waals surface area contributed by atoms with E-state index in [1.165, 1.54) is 0 Å². The number of carboxylic acids is 1. The van der Waals surface area contributed by atoms with Crippen LogP contribution in [0.4, 0.5) is 0 Å². The molecule has 0 radical (unpaired) electrons. The average Bonchev–Trinajstić information content (AvgIpc) is 2.47. The van der Waals surface area contributed by atoms with E-state index in [0.717, 1.165) is 5.56 Å². The molecule has 2 rings (SSSR count). The summed E-state index contributed by atoms with van der Waals surface area (Å²) >= 11 is 12.0. The summed E-state index contributed by atoms with van der Waals surface area (Å²) < 4.78 is 0. The summed E-state index contributed by atoms with van der Waals surface area (Å²) in [7, 11) is 0.